The molecular formula is C11H18FN5O. The summed E-state index contributed by atoms with van der Waals surface area (Å²) in [6.45, 7) is 6.51. The summed E-state index contributed by atoms with van der Waals surface area (Å²) in [6.07, 6.45) is 1.07. The van der Waals surface area contributed by atoms with Crippen LogP contribution in [-0.4, -0.2) is 35.0 Å². The van der Waals surface area contributed by atoms with E-state index in [-0.39, 0.29) is 11.7 Å². The number of likely N-dealkylation sites (N-methyl/N-ethyl adjacent to an activating group) is 1. The van der Waals surface area contributed by atoms with Gasteiger partial charge < -0.3 is 16.0 Å². The van der Waals surface area contributed by atoms with Gasteiger partial charge in [-0.3, -0.25) is 4.79 Å². The summed E-state index contributed by atoms with van der Waals surface area (Å²) < 4.78 is 13.5. The van der Waals surface area contributed by atoms with Crippen LogP contribution in [-0.2, 0) is 4.79 Å². The monoisotopic (exact) mass is 255 g/mol. The van der Waals surface area contributed by atoms with Crippen molar-refractivity contribution in [2.75, 3.05) is 23.7 Å². The quantitative estimate of drug-likeness (QED) is 0.706. The molecule has 100 valence electrons. The van der Waals surface area contributed by atoms with Gasteiger partial charge in [-0.2, -0.15) is 4.98 Å². The normalized spacial score (nSPS) is 11.8. The van der Waals surface area contributed by atoms with Crippen molar-refractivity contribution in [1.82, 2.24) is 15.3 Å². The largest absolute Gasteiger partial charge is 0.356 e. The van der Waals surface area contributed by atoms with Crippen molar-refractivity contribution < 1.29 is 9.18 Å². The van der Waals surface area contributed by atoms with Crippen LogP contribution in [0.2, 0.25) is 0 Å². The molecule has 0 radical (unpaired) electrons. The first-order valence-electron chi connectivity index (χ1n) is 5.89. The van der Waals surface area contributed by atoms with Crippen LogP contribution in [0, 0.1) is 5.82 Å². The standard InChI is InChI=1S/C11H18FN5O/c1-4-13-10(18)7(3)16-9-8(12)6-15-11(17-9)14-5-2/h6-7H,4-5H2,1-3H3,(H,13,18)(H2,14,15,16,17). The maximum atomic E-state index is 13.5. The summed E-state index contributed by atoms with van der Waals surface area (Å²) in [5.41, 5.74) is 0. The number of hydrogen-bond donors (Lipinski definition) is 3. The molecule has 0 aliphatic rings. The van der Waals surface area contributed by atoms with E-state index >= 15 is 0 Å². The molecule has 6 nitrogen and oxygen atoms in total. The lowest BCUT2D eigenvalue weighted by atomic mass is 10.3. The van der Waals surface area contributed by atoms with Crippen LogP contribution in [0.5, 0.6) is 0 Å². The Balaban J connectivity index is 2.76. The van der Waals surface area contributed by atoms with E-state index in [0.29, 0.717) is 19.0 Å². The zero-order valence-corrected chi connectivity index (χ0v) is 10.7. The van der Waals surface area contributed by atoms with Gasteiger partial charge in [0, 0.05) is 13.1 Å². The van der Waals surface area contributed by atoms with Gasteiger partial charge in [-0.25, -0.2) is 9.37 Å². The van der Waals surface area contributed by atoms with Crippen LogP contribution in [0.1, 0.15) is 20.8 Å². The second-order valence-corrected chi connectivity index (χ2v) is 3.68. The minimum Gasteiger partial charge on any atom is -0.356 e. The summed E-state index contributed by atoms with van der Waals surface area (Å²) >= 11 is 0. The molecule has 0 aliphatic heterocycles. The van der Waals surface area contributed by atoms with Gasteiger partial charge in [-0.1, -0.05) is 0 Å². The fourth-order valence-corrected chi connectivity index (χ4v) is 1.31. The molecule has 1 unspecified atom stereocenters. The summed E-state index contributed by atoms with van der Waals surface area (Å²) in [4.78, 5) is 19.2. The molecule has 18 heavy (non-hydrogen) atoms. The molecule has 1 aromatic rings. The number of carbonyl (C=O) groups excluding carboxylic acids is 1. The van der Waals surface area contributed by atoms with Crippen molar-refractivity contribution >= 4 is 17.7 Å². The van der Waals surface area contributed by atoms with Crippen LogP contribution in [0.15, 0.2) is 6.20 Å². The first-order valence-corrected chi connectivity index (χ1v) is 5.89. The molecule has 0 saturated heterocycles. The Morgan fingerprint density at radius 1 is 1.44 bits per heavy atom. The van der Waals surface area contributed by atoms with E-state index < -0.39 is 11.9 Å². The van der Waals surface area contributed by atoms with Crippen molar-refractivity contribution in [3.05, 3.63) is 12.0 Å². The highest BCUT2D eigenvalue weighted by atomic mass is 19.1. The fourth-order valence-electron chi connectivity index (χ4n) is 1.31. The Morgan fingerprint density at radius 2 is 2.17 bits per heavy atom. The lowest BCUT2D eigenvalue weighted by molar-refractivity contribution is -0.121. The maximum Gasteiger partial charge on any atom is 0.242 e. The third-order valence-corrected chi connectivity index (χ3v) is 2.18. The predicted molar refractivity (Wildman–Crippen MR) is 67.9 cm³/mol. The van der Waals surface area contributed by atoms with Gasteiger partial charge in [0.2, 0.25) is 11.9 Å². The highest BCUT2D eigenvalue weighted by molar-refractivity contribution is 5.83. The zero-order chi connectivity index (χ0) is 13.5. The van der Waals surface area contributed by atoms with Crippen molar-refractivity contribution in [2.24, 2.45) is 0 Å². The first-order chi connectivity index (χ1) is 8.58. The number of halogens is 1. The number of nitrogens with one attached hydrogen (secondary N) is 3. The van der Waals surface area contributed by atoms with Crippen LogP contribution >= 0.6 is 0 Å². The molecule has 3 N–H and O–H groups in total. The third kappa shape index (κ3) is 3.83. The Hall–Kier alpha value is -1.92. The Morgan fingerprint density at radius 3 is 2.78 bits per heavy atom. The van der Waals surface area contributed by atoms with Gasteiger partial charge in [0.05, 0.1) is 6.20 Å². The number of anilines is 2. The molecule has 0 bridgehead atoms. The van der Waals surface area contributed by atoms with Crippen LogP contribution in [0.25, 0.3) is 0 Å². The lowest BCUT2D eigenvalue weighted by Gasteiger charge is -2.14. The molecule has 0 fully saturated rings. The van der Waals surface area contributed by atoms with E-state index in [1.54, 1.807) is 6.92 Å². The minimum absolute atomic E-state index is 0.0136. The molecular weight excluding hydrogens is 237 g/mol. The average Bonchev–Trinajstić information content (AvgIpc) is 2.34. The van der Waals surface area contributed by atoms with Gasteiger partial charge in [0.15, 0.2) is 11.6 Å². The van der Waals surface area contributed by atoms with Gasteiger partial charge >= 0.3 is 0 Å². The maximum absolute atomic E-state index is 13.5. The van der Waals surface area contributed by atoms with Gasteiger partial charge in [-0.05, 0) is 20.8 Å². The van der Waals surface area contributed by atoms with Crippen molar-refractivity contribution in [1.29, 1.82) is 0 Å². The topological polar surface area (TPSA) is 78.9 Å². The molecule has 1 aromatic heterocycles. The van der Waals surface area contributed by atoms with E-state index in [9.17, 15) is 9.18 Å². The third-order valence-electron chi connectivity index (χ3n) is 2.18. The number of amides is 1. The van der Waals surface area contributed by atoms with E-state index in [2.05, 4.69) is 25.9 Å². The Labute approximate surface area is 105 Å². The second-order valence-electron chi connectivity index (χ2n) is 3.68. The van der Waals surface area contributed by atoms with Gasteiger partial charge in [-0.15, -0.1) is 0 Å². The second kappa shape index (κ2) is 6.73. The molecule has 1 rings (SSSR count). The molecule has 1 atom stereocenters. The van der Waals surface area contributed by atoms with E-state index in [4.69, 9.17) is 0 Å². The molecule has 0 saturated carbocycles. The Bertz CT molecular complexity index is 412. The van der Waals surface area contributed by atoms with Crippen LogP contribution in [0.3, 0.4) is 0 Å². The van der Waals surface area contributed by atoms with Crippen LogP contribution < -0.4 is 16.0 Å². The molecule has 0 aromatic carbocycles. The number of rotatable bonds is 6. The summed E-state index contributed by atoms with van der Waals surface area (Å²) in [5.74, 6) is -0.461. The Kier molecular flexibility index (Phi) is 5.29. The molecule has 0 aliphatic carbocycles. The van der Waals surface area contributed by atoms with E-state index in [0.717, 1.165) is 6.20 Å². The van der Waals surface area contributed by atoms with Gasteiger partial charge in [0.1, 0.15) is 6.04 Å². The number of hydrogen-bond acceptors (Lipinski definition) is 5. The fraction of sp³-hybridized carbons (Fsp3) is 0.545. The highest BCUT2D eigenvalue weighted by Gasteiger charge is 2.15. The number of aromatic nitrogens is 2. The summed E-state index contributed by atoms with van der Waals surface area (Å²) in [6, 6.07) is -0.566. The average molecular weight is 255 g/mol. The van der Waals surface area contributed by atoms with Crippen molar-refractivity contribution in [2.45, 2.75) is 26.8 Å². The first kappa shape index (κ1) is 14.1. The van der Waals surface area contributed by atoms with E-state index in [1.807, 2.05) is 13.8 Å². The molecule has 1 heterocycles. The lowest BCUT2D eigenvalue weighted by Crippen LogP contribution is -2.37. The van der Waals surface area contributed by atoms with Crippen molar-refractivity contribution in [3.63, 3.8) is 0 Å². The number of nitrogens with zero attached hydrogens (tertiary/aromatic N) is 2. The SMILES string of the molecule is CCNC(=O)C(C)Nc1nc(NCC)ncc1F. The van der Waals surface area contributed by atoms with Crippen LogP contribution in [0.4, 0.5) is 16.2 Å². The molecule has 1 amide bonds. The van der Waals surface area contributed by atoms with Crippen molar-refractivity contribution in [3.8, 4) is 0 Å². The number of carbonyl (C=O) groups is 1. The minimum atomic E-state index is -0.590. The van der Waals surface area contributed by atoms with E-state index in [1.165, 1.54) is 0 Å². The molecule has 0 spiro atoms. The smallest absolute Gasteiger partial charge is 0.242 e. The zero-order valence-electron chi connectivity index (χ0n) is 10.7. The molecule has 7 heteroatoms. The highest BCUT2D eigenvalue weighted by Crippen LogP contribution is 2.12. The van der Waals surface area contributed by atoms with Gasteiger partial charge in [0.25, 0.3) is 0 Å². The summed E-state index contributed by atoms with van der Waals surface area (Å²) in [7, 11) is 0. The predicted octanol–water partition coefficient (Wildman–Crippen LogP) is 0.984. The summed E-state index contributed by atoms with van der Waals surface area (Å²) in [5, 5.41) is 8.23.